The fraction of sp³-hybridized carbons (Fsp3) is 0.562. The van der Waals surface area contributed by atoms with Crippen molar-refractivity contribution in [2.24, 2.45) is 5.41 Å². The highest BCUT2D eigenvalue weighted by Crippen LogP contribution is 2.23. The molecule has 1 amide bonds. The maximum Gasteiger partial charge on any atom is 0.573 e. The summed E-state index contributed by atoms with van der Waals surface area (Å²) in [5, 5.41) is 11.9. The summed E-state index contributed by atoms with van der Waals surface area (Å²) in [7, 11) is 0. The Kier molecular flexibility index (Phi) is 6.44. The van der Waals surface area contributed by atoms with E-state index in [9.17, 15) is 18.0 Å². The van der Waals surface area contributed by atoms with Crippen molar-refractivity contribution in [1.29, 1.82) is 0 Å². The number of rotatable bonds is 6. The number of hydrogen-bond donors (Lipinski definition) is 2. The SMILES string of the molecule is CC(C)(C)C(CCO)NC(=O)Cc1ccc(OC(F)(F)F)cc1. The van der Waals surface area contributed by atoms with Gasteiger partial charge < -0.3 is 15.2 Å². The second kappa shape index (κ2) is 7.68. The number of benzene rings is 1. The second-order valence-corrected chi connectivity index (χ2v) is 6.37. The largest absolute Gasteiger partial charge is 0.573 e. The van der Waals surface area contributed by atoms with E-state index in [1.807, 2.05) is 20.8 Å². The third-order valence-corrected chi connectivity index (χ3v) is 3.32. The number of carbonyl (C=O) groups excluding carboxylic acids is 1. The minimum Gasteiger partial charge on any atom is -0.406 e. The third-order valence-electron chi connectivity index (χ3n) is 3.32. The first-order chi connectivity index (χ1) is 10.5. The molecule has 0 aliphatic rings. The number of carbonyl (C=O) groups is 1. The molecule has 0 aromatic heterocycles. The molecule has 0 heterocycles. The molecule has 0 spiro atoms. The van der Waals surface area contributed by atoms with Crippen LogP contribution in [0.3, 0.4) is 0 Å². The van der Waals surface area contributed by atoms with E-state index in [-0.39, 0.29) is 36.1 Å². The van der Waals surface area contributed by atoms with Crippen LogP contribution in [-0.4, -0.2) is 30.0 Å². The smallest absolute Gasteiger partial charge is 0.406 e. The second-order valence-electron chi connectivity index (χ2n) is 6.37. The van der Waals surface area contributed by atoms with Crippen LogP contribution < -0.4 is 10.1 Å². The van der Waals surface area contributed by atoms with Crippen LogP contribution in [0.2, 0.25) is 0 Å². The Hall–Kier alpha value is -1.76. The van der Waals surface area contributed by atoms with Crippen molar-refractivity contribution in [1.82, 2.24) is 5.32 Å². The van der Waals surface area contributed by atoms with E-state index in [2.05, 4.69) is 10.1 Å². The molecule has 0 saturated carbocycles. The van der Waals surface area contributed by atoms with Gasteiger partial charge in [-0.25, -0.2) is 0 Å². The van der Waals surface area contributed by atoms with Crippen LogP contribution in [0.1, 0.15) is 32.8 Å². The lowest BCUT2D eigenvalue weighted by molar-refractivity contribution is -0.274. The van der Waals surface area contributed by atoms with E-state index < -0.39 is 6.36 Å². The van der Waals surface area contributed by atoms with Gasteiger partial charge in [0.15, 0.2) is 0 Å². The van der Waals surface area contributed by atoms with E-state index in [0.29, 0.717) is 12.0 Å². The van der Waals surface area contributed by atoms with E-state index in [0.717, 1.165) is 0 Å². The Labute approximate surface area is 133 Å². The highest BCUT2D eigenvalue weighted by atomic mass is 19.4. The first-order valence-electron chi connectivity index (χ1n) is 7.26. The van der Waals surface area contributed by atoms with E-state index in [4.69, 9.17) is 5.11 Å². The van der Waals surface area contributed by atoms with E-state index in [1.54, 1.807) is 0 Å². The van der Waals surface area contributed by atoms with Gasteiger partial charge in [-0.05, 0) is 29.5 Å². The first-order valence-corrected chi connectivity index (χ1v) is 7.26. The zero-order chi connectivity index (χ0) is 17.7. The van der Waals surface area contributed by atoms with Gasteiger partial charge >= 0.3 is 6.36 Å². The van der Waals surface area contributed by atoms with Gasteiger partial charge in [-0.2, -0.15) is 0 Å². The molecule has 0 saturated heterocycles. The summed E-state index contributed by atoms with van der Waals surface area (Å²) in [6.07, 6.45) is -4.25. The lowest BCUT2D eigenvalue weighted by Crippen LogP contribution is -2.44. The average Bonchev–Trinajstić information content (AvgIpc) is 2.38. The molecule has 0 aliphatic carbocycles. The molecule has 1 atom stereocenters. The molecule has 0 fully saturated rings. The number of halogens is 3. The molecule has 4 nitrogen and oxygen atoms in total. The van der Waals surface area contributed by atoms with Crippen LogP contribution in [0.15, 0.2) is 24.3 Å². The van der Waals surface area contributed by atoms with Crippen LogP contribution in [0.4, 0.5) is 13.2 Å². The number of alkyl halides is 3. The maximum atomic E-state index is 12.1. The number of ether oxygens (including phenoxy) is 1. The fourth-order valence-electron chi connectivity index (χ4n) is 2.09. The number of aliphatic hydroxyl groups is 1. The van der Waals surface area contributed by atoms with Crippen LogP contribution >= 0.6 is 0 Å². The van der Waals surface area contributed by atoms with Crippen molar-refractivity contribution in [3.8, 4) is 5.75 Å². The zero-order valence-corrected chi connectivity index (χ0v) is 13.4. The van der Waals surface area contributed by atoms with Crippen LogP contribution in [0.25, 0.3) is 0 Å². The summed E-state index contributed by atoms with van der Waals surface area (Å²) in [5.74, 6) is -0.572. The lowest BCUT2D eigenvalue weighted by atomic mass is 9.85. The third kappa shape index (κ3) is 7.36. The van der Waals surface area contributed by atoms with Crippen LogP contribution in [0.5, 0.6) is 5.75 Å². The molecule has 1 rings (SSSR count). The highest BCUT2D eigenvalue weighted by Gasteiger charge is 2.31. The quantitative estimate of drug-likeness (QED) is 0.841. The van der Waals surface area contributed by atoms with Crippen molar-refractivity contribution in [2.75, 3.05) is 6.61 Å². The average molecular weight is 333 g/mol. The van der Waals surface area contributed by atoms with Gasteiger partial charge in [-0.3, -0.25) is 4.79 Å². The normalized spacial score (nSPS) is 13.5. The molecule has 130 valence electrons. The van der Waals surface area contributed by atoms with Gasteiger partial charge in [0.25, 0.3) is 0 Å². The Morgan fingerprint density at radius 1 is 1.22 bits per heavy atom. The highest BCUT2D eigenvalue weighted by molar-refractivity contribution is 5.79. The minimum atomic E-state index is -4.73. The van der Waals surface area contributed by atoms with Gasteiger partial charge in [0.05, 0.1) is 6.42 Å². The molecule has 0 bridgehead atoms. The summed E-state index contributed by atoms with van der Waals surface area (Å²) < 4.78 is 40.0. The van der Waals surface area contributed by atoms with E-state index >= 15 is 0 Å². The minimum absolute atomic E-state index is 0.0360. The maximum absolute atomic E-state index is 12.1. The molecule has 23 heavy (non-hydrogen) atoms. The van der Waals surface area contributed by atoms with Crippen molar-refractivity contribution in [3.63, 3.8) is 0 Å². The Balaban J connectivity index is 2.63. The fourth-order valence-corrected chi connectivity index (χ4v) is 2.09. The molecule has 1 unspecified atom stereocenters. The van der Waals surface area contributed by atoms with Gasteiger partial charge in [0, 0.05) is 12.6 Å². The monoisotopic (exact) mass is 333 g/mol. The summed E-state index contributed by atoms with van der Waals surface area (Å²) in [6.45, 7) is 5.83. The number of nitrogens with one attached hydrogen (secondary N) is 1. The van der Waals surface area contributed by atoms with Crippen molar-refractivity contribution in [3.05, 3.63) is 29.8 Å². The first kappa shape index (κ1) is 19.3. The van der Waals surface area contributed by atoms with Gasteiger partial charge in [-0.1, -0.05) is 32.9 Å². The molecular weight excluding hydrogens is 311 g/mol. The van der Waals surface area contributed by atoms with Crippen molar-refractivity contribution < 1.29 is 27.8 Å². The number of hydrogen-bond acceptors (Lipinski definition) is 3. The molecule has 1 aromatic carbocycles. The van der Waals surface area contributed by atoms with Gasteiger partial charge in [-0.15, -0.1) is 13.2 Å². The van der Waals surface area contributed by atoms with Crippen LogP contribution in [-0.2, 0) is 11.2 Å². The van der Waals surface area contributed by atoms with Gasteiger partial charge in [0.1, 0.15) is 5.75 Å². The number of amides is 1. The standard InChI is InChI=1S/C16H22F3NO3/c1-15(2,3)13(8-9-21)20-14(22)10-11-4-6-12(7-5-11)23-16(17,18)19/h4-7,13,21H,8-10H2,1-3H3,(H,20,22). The predicted molar refractivity (Wildman–Crippen MR) is 79.9 cm³/mol. The molecule has 0 radical (unpaired) electrons. The Morgan fingerprint density at radius 3 is 2.22 bits per heavy atom. The predicted octanol–water partition coefficient (Wildman–Crippen LogP) is 3.04. The van der Waals surface area contributed by atoms with Crippen molar-refractivity contribution in [2.45, 2.75) is 46.0 Å². The molecule has 2 N–H and O–H groups in total. The molecule has 0 aliphatic heterocycles. The zero-order valence-electron chi connectivity index (χ0n) is 13.4. The van der Waals surface area contributed by atoms with E-state index in [1.165, 1.54) is 24.3 Å². The van der Waals surface area contributed by atoms with Gasteiger partial charge in [0.2, 0.25) is 5.91 Å². The molecular formula is C16H22F3NO3. The number of aliphatic hydroxyl groups excluding tert-OH is 1. The van der Waals surface area contributed by atoms with Crippen molar-refractivity contribution >= 4 is 5.91 Å². The summed E-state index contributed by atoms with van der Waals surface area (Å²) >= 11 is 0. The lowest BCUT2D eigenvalue weighted by Gasteiger charge is -2.31. The molecule has 7 heteroatoms. The Morgan fingerprint density at radius 2 is 1.78 bits per heavy atom. The summed E-state index contributed by atoms with van der Waals surface area (Å²) in [4.78, 5) is 12.1. The Bertz CT molecular complexity index is 507. The molecule has 1 aromatic rings. The topological polar surface area (TPSA) is 58.6 Å². The van der Waals surface area contributed by atoms with Crippen LogP contribution in [0, 0.1) is 5.41 Å². The summed E-state index contributed by atoms with van der Waals surface area (Å²) in [6, 6.07) is 4.99. The summed E-state index contributed by atoms with van der Waals surface area (Å²) in [5.41, 5.74) is 0.372.